The van der Waals surface area contributed by atoms with E-state index in [4.69, 9.17) is 0 Å². The third-order valence-electron chi connectivity index (χ3n) is 5.71. The molecule has 0 radical (unpaired) electrons. The second-order valence-corrected chi connectivity index (χ2v) is 12.2. The lowest BCUT2D eigenvalue weighted by molar-refractivity contribution is 0.466. The van der Waals surface area contributed by atoms with Gasteiger partial charge in [0.2, 0.25) is 0 Å². The van der Waals surface area contributed by atoms with E-state index in [1.807, 2.05) is 0 Å². The molecule has 0 atom stereocenters. The lowest BCUT2D eigenvalue weighted by Gasteiger charge is -2.19. The number of hydrogen-bond acceptors (Lipinski definition) is 8. The topological polar surface area (TPSA) is 195 Å². The van der Waals surface area contributed by atoms with Crippen LogP contribution in [0.2, 0.25) is 0 Å². The van der Waals surface area contributed by atoms with Crippen LogP contribution in [-0.4, -0.2) is 44.0 Å². The van der Waals surface area contributed by atoms with Crippen molar-refractivity contribution >= 4 is 74.0 Å². The Kier molecular flexibility index (Phi) is 5.19. The van der Waals surface area contributed by atoms with Crippen molar-refractivity contribution in [2.75, 3.05) is 5.32 Å². The van der Waals surface area contributed by atoms with Gasteiger partial charge in [0, 0.05) is 39.7 Å². The molecule has 36 heavy (non-hydrogen) atoms. The second kappa shape index (κ2) is 7.73. The molecule has 0 amide bonds. The molecule has 0 unspecified atom stereocenters. The van der Waals surface area contributed by atoms with Crippen LogP contribution in [-0.2, 0) is 30.4 Å². The first-order chi connectivity index (χ1) is 16.6. The van der Waals surface area contributed by atoms with Crippen LogP contribution in [0.5, 0.6) is 5.75 Å². The summed E-state index contributed by atoms with van der Waals surface area (Å²) in [7, 11) is -14.4. The molecule has 0 saturated carbocycles. The van der Waals surface area contributed by atoms with Crippen LogP contribution in [0, 0.1) is 0 Å². The van der Waals surface area contributed by atoms with Crippen molar-refractivity contribution in [3.63, 3.8) is 0 Å². The number of aromatic hydroxyl groups is 1. The molecule has 14 heteroatoms. The highest BCUT2D eigenvalue weighted by Crippen LogP contribution is 2.44. The fraction of sp³-hybridized carbons (Fsp3) is 0. The molecule has 0 aliphatic rings. The van der Waals surface area contributed by atoms with E-state index in [0.29, 0.717) is 16.2 Å². The Hall–Kier alpha value is -3.53. The van der Waals surface area contributed by atoms with Crippen LogP contribution >= 0.6 is 0 Å². The average Bonchev–Trinajstić information content (AvgIpc) is 2.75. The molecule has 11 nitrogen and oxygen atoms in total. The maximum atomic E-state index is 12.5. The van der Waals surface area contributed by atoms with E-state index in [1.54, 1.807) is 18.2 Å². The molecule has 186 valence electrons. The Labute approximate surface area is 204 Å². The predicted octanol–water partition coefficient (Wildman–Crippen LogP) is 3.77. The van der Waals surface area contributed by atoms with Crippen LogP contribution in [0.25, 0.3) is 32.3 Å². The van der Waals surface area contributed by atoms with Crippen LogP contribution in [0.15, 0.2) is 75.4 Å². The maximum absolute atomic E-state index is 12.5. The Morgan fingerprint density at radius 3 is 1.78 bits per heavy atom. The molecule has 5 aromatic rings. The Morgan fingerprint density at radius 1 is 0.583 bits per heavy atom. The smallest absolute Gasteiger partial charge is 0.295 e. The van der Waals surface area contributed by atoms with E-state index in [0.717, 1.165) is 30.3 Å². The van der Waals surface area contributed by atoms with Gasteiger partial charge >= 0.3 is 0 Å². The number of anilines is 2. The van der Waals surface area contributed by atoms with Gasteiger partial charge in [-0.15, -0.1) is 0 Å². The lowest BCUT2D eigenvalue weighted by Crippen LogP contribution is -2.05. The SMILES string of the molecule is O=S(=O)(O)c1cc(O)cc(Nc2ccc3ccc4ccc(S(=O)(=O)O)c5cc(S(=O)(=O)O)c2c3c45)c1. The van der Waals surface area contributed by atoms with E-state index in [-0.39, 0.29) is 27.5 Å². The van der Waals surface area contributed by atoms with Crippen LogP contribution in [0.3, 0.4) is 0 Å². The summed E-state index contributed by atoms with van der Waals surface area (Å²) in [4.78, 5) is -1.86. The fourth-order valence-corrected chi connectivity index (χ4v) is 6.30. The molecule has 0 spiro atoms. The van der Waals surface area contributed by atoms with Gasteiger partial charge in [0.25, 0.3) is 30.4 Å². The highest BCUT2D eigenvalue weighted by Gasteiger charge is 2.25. The molecule has 5 rings (SSSR count). The quantitative estimate of drug-likeness (QED) is 0.158. The fourth-order valence-electron chi connectivity index (χ4n) is 4.34. The van der Waals surface area contributed by atoms with E-state index in [1.165, 1.54) is 12.1 Å². The Morgan fingerprint density at radius 2 is 1.17 bits per heavy atom. The zero-order valence-corrected chi connectivity index (χ0v) is 20.2. The molecule has 0 heterocycles. The van der Waals surface area contributed by atoms with Crippen LogP contribution in [0.4, 0.5) is 11.4 Å². The molecular weight excluding hydrogens is 534 g/mol. The summed E-state index contributed by atoms with van der Waals surface area (Å²) in [5.74, 6) is -0.516. The van der Waals surface area contributed by atoms with Crippen LogP contribution in [0.1, 0.15) is 0 Å². The van der Waals surface area contributed by atoms with Gasteiger partial charge in [0.05, 0.1) is 4.90 Å². The summed E-state index contributed by atoms with van der Waals surface area (Å²) >= 11 is 0. The number of rotatable bonds is 5. The summed E-state index contributed by atoms with van der Waals surface area (Å²) in [6.45, 7) is 0. The third-order valence-corrected chi connectivity index (χ3v) is 8.33. The number of benzene rings is 5. The first-order valence-electron chi connectivity index (χ1n) is 9.93. The highest BCUT2D eigenvalue weighted by atomic mass is 32.2. The normalized spacial score (nSPS) is 13.1. The van der Waals surface area contributed by atoms with Gasteiger partial charge in [0.1, 0.15) is 15.5 Å². The lowest BCUT2D eigenvalue weighted by atomic mass is 9.93. The van der Waals surface area contributed by atoms with Crippen molar-refractivity contribution in [3.8, 4) is 5.75 Å². The molecule has 5 N–H and O–H groups in total. The highest BCUT2D eigenvalue weighted by molar-refractivity contribution is 7.86. The van der Waals surface area contributed by atoms with Crippen LogP contribution < -0.4 is 5.32 Å². The van der Waals surface area contributed by atoms with Gasteiger partial charge in [-0.2, -0.15) is 25.3 Å². The number of phenolic OH excluding ortho intramolecular Hbond substituents is 1. The number of phenols is 1. The Balaban J connectivity index is 1.93. The predicted molar refractivity (Wildman–Crippen MR) is 131 cm³/mol. The second-order valence-electron chi connectivity index (χ2n) is 8.00. The largest absolute Gasteiger partial charge is 0.508 e. The van der Waals surface area contributed by atoms with Gasteiger partial charge in [-0.1, -0.05) is 24.3 Å². The van der Waals surface area contributed by atoms with Crippen molar-refractivity contribution in [1.82, 2.24) is 0 Å². The minimum Gasteiger partial charge on any atom is -0.508 e. The summed E-state index contributed by atoms with van der Waals surface area (Å²) in [6.07, 6.45) is 0. The van der Waals surface area contributed by atoms with Crippen molar-refractivity contribution in [3.05, 3.63) is 60.7 Å². The monoisotopic (exact) mass is 549 g/mol. The van der Waals surface area contributed by atoms with Gasteiger partial charge in [-0.25, -0.2) is 0 Å². The van der Waals surface area contributed by atoms with E-state index in [9.17, 15) is 44.0 Å². The van der Waals surface area contributed by atoms with Gasteiger partial charge in [-0.3, -0.25) is 13.7 Å². The molecule has 0 aromatic heterocycles. The zero-order chi connectivity index (χ0) is 26.2. The third kappa shape index (κ3) is 3.99. The van der Waals surface area contributed by atoms with Gasteiger partial charge in [-0.05, 0) is 40.4 Å². The minimum absolute atomic E-state index is 0.0439. The van der Waals surface area contributed by atoms with Crippen molar-refractivity contribution in [1.29, 1.82) is 0 Å². The van der Waals surface area contributed by atoms with Crippen molar-refractivity contribution in [2.24, 2.45) is 0 Å². The van der Waals surface area contributed by atoms with Gasteiger partial charge in [0.15, 0.2) is 0 Å². The van der Waals surface area contributed by atoms with E-state index in [2.05, 4.69) is 5.32 Å². The first-order valence-corrected chi connectivity index (χ1v) is 14.2. The molecule has 0 aliphatic heterocycles. The minimum atomic E-state index is -4.97. The molecule has 0 bridgehead atoms. The summed E-state index contributed by atoms with van der Waals surface area (Å²) < 4.78 is 101. The molecule has 5 aromatic carbocycles. The summed E-state index contributed by atoms with van der Waals surface area (Å²) in [5.41, 5.74) is 0.00578. The maximum Gasteiger partial charge on any atom is 0.295 e. The van der Waals surface area contributed by atoms with E-state index < -0.39 is 50.8 Å². The molecule has 0 fully saturated rings. The Bertz CT molecular complexity index is 2050. The average molecular weight is 550 g/mol. The summed E-state index contributed by atoms with van der Waals surface area (Å²) in [6, 6.07) is 12.8. The van der Waals surface area contributed by atoms with Gasteiger partial charge < -0.3 is 10.4 Å². The molecule has 0 saturated heterocycles. The first kappa shape index (κ1) is 24.2. The van der Waals surface area contributed by atoms with Crippen molar-refractivity contribution < 1.29 is 44.0 Å². The van der Waals surface area contributed by atoms with E-state index >= 15 is 0 Å². The number of hydrogen-bond donors (Lipinski definition) is 5. The summed E-state index contributed by atoms with van der Waals surface area (Å²) in [5, 5.41) is 14.0. The zero-order valence-electron chi connectivity index (χ0n) is 17.7. The number of nitrogens with one attached hydrogen (secondary N) is 1. The molecule has 0 aliphatic carbocycles. The molecular formula is C22H15NO10S3. The standard InChI is InChI=1S/C22H15NO10S3/c24-14-7-13(8-15(9-14)34(25,26)27)23-17-5-3-12-2-1-11-4-6-18(35(28,29)30)16-10-19(36(31,32)33)22(17)21(12)20(11)16/h1-10,23-24H,(H,25,26,27)(H,28,29,30)(H,31,32,33). The van der Waals surface area contributed by atoms with Crippen molar-refractivity contribution in [2.45, 2.75) is 14.7 Å².